The van der Waals surface area contributed by atoms with Gasteiger partial charge < -0.3 is 11.5 Å². The fraction of sp³-hybridized carbons (Fsp3) is 0.0714. The maximum absolute atomic E-state index is 11.2. The summed E-state index contributed by atoms with van der Waals surface area (Å²) in [6.45, 7) is 2.05. The highest BCUT2D eigenvalue weighted by Gasteiger charge is 2.08. The van der Waals surface area contributed by atoms with Crippen molar-refractivity contribution in [1.82, 2.24) is 0 Å². The number of hydrogen-bond acceptors (Lipinski definition) is 3. The summed E-state index contributed by atoms with van der Waals surface area (Å²) in [6, 6.07) is 13.4. The number of hydrogen-bond donors (Lipinski definition) is 2. The molecule has 1 amide bonds. The van der Waals surface area contributed by atoms with E-state index in [1.54, 1.807) is 23.9 Å². The molecule has 0 aliphatic heterocycles. The van der Waals surface area contributed by atoms with E-state index in [1.165, 1.54) is 5.56 Å². The van der Waals surface area contributed by atoms with Gasteiger partial charge in [-0.1, -0.05) is 30.0 Å². The zero-order chi connectivity index (χ0) is 13.1. The third-order valence-corrected chi connectivity index (χ3v) is 3.78. The van der Waals surface area contributed by atoms with Gasteiger partial charge in [-0.3, -0.25) is 4.79 Å². The second kappa shape index (κ2) is 5.14. The Bertz CT molecular complexity index is 596. The normalized spacial score (nSPS) is 10.3. The monoisotopic (exact) mass is 258 g/mol. The van der Waals surface area contributed by atoms with Crippen molar-refractivity contribution in [3.63, 3.8) is 0 Å². The van der Waals surface area contributed by atoms with Crippen molar-refractivity contribution >= 4 is 23.4 Å². The molecule has 0 spiro atoms. The zero-order valence-corrected chi connectivity index (χ0v) is 10.8. The second-order valence-corrected chi connectivity index (χ2v) is 5.10. The molecule has 18 heavy (non-hydrogen) atoms. The van der Waals surface area contributed by atoms with E-state index in [9.17, 15) is 4.79 Å². The van der Waals surface area contributed by atoms with Gasteiger partial charge in [0.05, 0.1) is 5.56 Å². The molecule has 0 aromatic heterocycles. The second-order valence-electron chi connectivity index (χ2n) is 3.98. The van der Waals surface area contributed by atoms with Gasteiger partial charge in [0.25, 0.3) is 5.91 Å². The first kappa shape index (κ1) is 12.5. The molecule has 4 N–H and O–H groups in total. The SMILES string of the molecule is Cc1ccccc1Sc1ccc(N)c(C(N)=O)c1. The van der Waals surface area contributed by atoms with Crippen LogP contribution in [-0.2, 0) is 0 Å². The van der Waals surface area contributed by atoms with Crippen molar-refractivity contribution in [2.75, 3.05) is 5.73 Å². The third kappa shape index (κ3) is 2.65. The summed E-state index contributed by atoms with van der Waals surface area (Å²) in [5.41, 5.74) is 13.0. The number of anilines is 1. The van der Waals surface area contributed by atoms with Crippen LogP contribution in [0, 0.1) is 6.92 Å². The molecule has 0 saturated carbocycles. The highest BCUT2D eigenvalue weighted by molar-refractivity contribution is 7.99. The minimum absolute atomic E-state index is 0.369. The van der Waals surface area contributed by atoms with E-state index in [-0.39, 0.29) is 0 Å². The minimum Gasteiger partial charge on any atom is -0.398 e. The summed E-state index contributed by atoms with van der Waals surface area (Å²) in [5.74, 6) is -0.500. The van der Waals surface area contributed by atoms with Crippen LogP contribution in [0.15, 0.2) is 52.3 Å². The average Bonchev–Trinajstić information content (AvgIpc) is 2.34. The van der Waals surface area contributed by atoms with Gasteiger partial charge in [0.1, 0.15) is 0 Å². The largest absolute Gasteiger partial charge is 0.398 e. The highest BCUT2D eigenvalue weighted by Crippen LogP contribution is 2.31. The molecule has 2 rings (SSSR count). The van der Waals surface area contributed by atoms with Gasteiger partial charge in [0.2, 0.25) is 0 Å². The standard InChI is InChI=1S/C14H14N2OS/c1-9-4-2-3-5-13(9)18-10-6-7-12(15)11(8-10)14(16)17/h2-8H,15H2,1H3,(H2,16,17). The van der Waals surface area contributed by atoms with E-state index in [0.717, 1.165) is 9.79 Å². The van der Waals surface area contributed by atoms with Gasteiger partial charge in [-0.25, -0.2) is 0 Å². The maximum Gasteiger partial charge on any atom is 0.250 e. The Morgan fingerprint density at radius 1 is 1.17 bits per heavy atom. The Hall–Kier alpha value is -1.94. The number of carbonyl (C=O) groups excluding carboxylic acids is 1. The predicted molar refractivity (Wildman–Crippen MR) is 74.7 cm³/mol. The van der Waals surface area contributed by atoms with E-state index in [4.69, 9.17) is 11.5 Å². The molecule has 2 aromatic carbocycles. The van der Waals surface area contributed by atoms with Crippen LogP contribution in [0.25, 0.3) is 0 Å². The van der Waals surface area contributed by atoms with Gasteiger partial charge in [0, 0.05) is 15.5 Å². The van der Waals surface area contributed by atoms with E-state index >= 15 is 0 Å². The lowest BCUT2D eigenvalue weighted by atomic mass is 10.2. The summed E-state index contributed by atoms with van der Waals surface area (Å²) >= 11 is 1.59. The molecule has 92 valence electrons. The predicted octanol–water partition coefficient (Wildman–Crippen LogP) is 2.83. The summed E-state index contributed by atoms with van der Waals surface area (Å²) < 4.78 is 0. The molecule has 0 aliphatic carbocycles. The van der Waals surface area contributed by atoms with Crippen LogP contribution < -0.4 is 11.5 Å². The van der Waals surface area contributed by atoms with Crippen LogP contribution in [0.2, 0.25) is 0 Å². The van der Waals surface area contributed by atoms with Crippen LogP contribution in [0.5, 0.6) is 0 Å². The summed E-state index contributed by atoms with van der Waals surface area (Å²) in [4.78, 5) is 13.3. The van der Waals surface area contributed by atoms with Crippen LogP contribution in [0.3, 0.4) is 0 Å². The summed E-state index contributed by atoms with van der Waals surface area (Å²) in [7, 11) is 0. The fourth-order valence-electron chi connectivity index (χ4n) is 1.61. The van der Waals surface area contributed by atoms with Gasteiger partial charge in [-0.05, 0) is 36.8 Å². The van der Waals surface area contributed by atoms with E-state index in [2.05, 4.69) is 13.0 Å². The average molecular weight is 258 g/mol. The van der Waals surface area contributed by atoms with Crippen molar-refractivity contribution in [3.05, 3.63) is 53.6 Å². The van der Waals surface area contributed by atoms with E-state index in [0.29, 0.717) is 11.3 Å². The molecule has 0 unspecified atom stereocenters. The van der Waals surface area contributed by atoms with E-state index < -0.39 is 5.91 Å². The maximum atomic E-state index is 11.2. The number of benzene rings is 2. The van der Waals surface area contributed by atoms with Crippen molar-refractivity contribution in [3.8, 4) is 0 Å². The lowest BCUT2D eigenvalue weighted by Gasteiger charge is -2.07. The molecule has 0 heterocycles. The molecule has 0 saturated heterocycles. The van der Waals surface area contributed by atoms with Crippen LogP contribution >= 0.6 is 11.8 Å². The van der Waals surface area contributed by atoms with Gasteiger partial charge in [-0.15, -0.1) is 0 Å². The summed E-state index contributed by atoms with van der Waals surface area (Å²) in [5, 5.41) is 0. The molecule has 0 atom stereocenters. The first-order valence-electron chi connectivity index (χ1n) is 5.51. The number of amides is 1. The van der Waals surface area contributed by atoms with Gasteiger partial charge in [-0.2, -0.15) is 0 Å². The number of aryl methyl sites for hydroxylation is 1. The van der Waals surface area contributed by atoms with Crippen LogP contribution in [0.4, 0.5) is 5.69 Å². The molecule has 0 bridgehead atoms. The van der Waals surface area contributed by atoms with Crippen LogP contribution in [-0.4, -0.2) is 5.91 Å². The van der Waals surface area contributed by atoms with Gasteiger partial charge >= 0.3 is 0 Å². The molecule has 0 fully saturated rings. The van der Waals surface area contributed by atoms with Crippen molar-refractivity contribution in [2.45, 2.75) is 16.7 Å². The smallest absolute Gasteiger partial charge is 0.250 e. The Labute approximate surface area is 110 Å². The highest BCUT2D eigenvalue weighted by atomic mass is 32.2. The Morgan fingerprint density at radius 3 is 2.56 bits per heavy atom. The lowest BCUT2D eigenvalue weighted by molar-refractivity contribution is 0.100. The van der Waals surface area contributed by atoms with Crippen molar-refractivity contribution < 1.29 is 4.79 Å². The lowest BCUT2D eigenvalue weighted by Crippen LogP contribution is -2.13. The molecule has 0 aliphatic rings. The number of nitrogen functional groups attached to an aromatic ring is 1. The Balaban J connectivity index is 2.33. The molecule has 0 radical (unpaired) electrons. The number of nitrogens with two attached hydrogens (primary N) is 2. The quantitative estimate of drug-likeness (QED) is 0.832. The first-order chi connectivity index (χ1) is 8.58. The minimum atomic E-state index is -0.500. The number of rotatable bonds is 3. The molecular formula is C14H14N2OS. The third-order valence-electron chi connectivity index (χ3n) is 2.61. The molecule has 2 aromatic rings. The fourth-order valence-corrected chi connectivity index (χ4v) is 2.55. The Kier molecular flexibility index (Phi) is 3.58. The molecular weight excluding hydrogens is 244 g/mol. The number of carbonyl (C=O) groups is 1. The van der Waals surface area contributed by atoms with Crippen LogP contribution in [0.1, 0.15) is 15.9 Å². The molecule has 4 heteroatoms. The van der Waals surface area contributed by atoms with Crippen molar-refractivity contribution in [1.29, 1.82) is 0 Å². The van der Waals surface area contributed by atoms with Gasteiger partial charge in [0.15, 0.2) is 0 Å². The summed E-state index contributed by atoms with van der Waals surface area (Å²) in [6.07, 6.45) is 0. The zero-order valence-electron chi connectivity index (χ0n) is 10.0. The topological polar surface area (TPSA) is 69.1 Å². The van der Waals surface area contributed by atoms with Crippen molar-refractivity contribution in [2.24, 2.45) is 5.73 Å². The number of primary amides is 1. The van der Waals surface area contributed by atoms with E-state index in [1.807, 2.05) is 24.3 Å². The first-order valence-corrected chi connectivity index (χ1v) is 6.32. The molecule has 3 nitrogen and oxygen atoms in total. The Morgan fingerprint density at radius 2 is 1.89 bits per heavy atom.